The van der Waals surface area contributed by atoms with Crippen LogP contribution in [-0.2, 0) is 4.79 Å². The molecular formula is C25H23N3O6. The number of aliphatic imine (C=N–C) groups is 1. The minimum Gasteiger partial charge on any atom is -0.491 e. The Balaban J connectivity index is 1.74. The van der Waals surface area contributed by atoms with E-state index in [0.29, 0.717) is 46.3 Å². The average Bonchev–Trinajstić information content (AvgIpc) is 3.09. The highest BCUT2D eigenvalue weighted by molar-refractivity contribution is 6.30. The van der Waals surface area contributed by atoms with Gasteiger partial charge >= 0.3 is 0 Å². The van der Waals surface area contributed by atoms with Gasteiger partial charge in [-0.3, -0.25) is 19.3 Å². The number of nitrogens with zero attached hydrogens (tertiary/aromatic N) is 3. The topological polar surface area (TPSA) is 109 Å². The Bertz CT molecular complexity index is 1320. The Morgan fingerprint density at radius 1 is 1.21 bits per heavy atom. The average molecular weight is 461 g/mol. The van der Waals surface area contributed by atoms with E-state index in [1.165, 1.54) is 4.90 Å². The zero-order valence-corrected chi connectivity index (χ0v) is 18.8. The lowest BCUT2D eigenvalue weighted by atomic mass is 9.94. The molecule has 2 aromatic rings. The summed E-state index contributed by atoms with van der Waals surface area (Å²) >= 11 is 0. The number of carbonyl (C=O) groups is 3. The van der Waals surface area contributed by atoms with Crippen molar-refractivity contribution in [3.63, 3.8) is 0 Å². The van der Waals surface area contributed by atoms with Crippen molar-refractivity contribution in [2.24, 2.45) is 4.99 Å². The van der Waals surface area contributed by atoms with E-state index in [4.69, 9.17) is 19.6 Å². The highest BCUT2D eigenvalue weighted by Gasteiger charge is 2.43. The summed E-state index contributed by atoms with van der Waals surface area (Å²) in [6.45, 7) is 0.665. The van der Waals surface area contributed by atoms with Crippen molar-refractivity contribution >= 4 is 40.3 Å². The molecule has 2 aromatic carbocycles. The second-order valence-electron chi connectivity index (χ2n) is 8.45. The molecule has 0 radical (unpaired) electrons. The van der Waals surface area contributed by atoms with Crippen LogP contribution < -0.4 is 9.47 Å². The van der Waals surface area contributed by atoms with E-state index in [2.05, 4.69) is 0 Å². The number of allylic oxidation sites excluding steroid dienone is 2. The third-order valence-electron chi connectivity index (χ3n) is 6.00. The van der Waals surface area contributed by atoms with Crippen LogP contribution in [0.3, 0.4) is 0 Å². The third-order valence-corrected chi connectivity index (χ3v) is 6.00. The second kappa shape index (κ2) is 8.51. The Hall–Kier alpha value is -3.82. The van der Waals surface area contributed by atoms with Gasteiger partial charge in [0.15, 0.2) is 11.9 Å². The normalized spacial score (nSPS) is 18.4. The number of aliphatic hydroxyl groups is 1. The molecule has 0 fully saturated rings. The summed E-state index contributed by atoms with van der Waals surface area (Å²) in [5.41, 5.74) is 1.73. The number of carbonyl (C=O) groups excluding carboxylic acids is 3. The Kier molecular flexibility index (Phi) is 5.51. The molecule has 1 N–H and O–H groups in total. The van der Waals surface area contributed by atoms with Crippen LogP contribution in [0.2, 0.25) is 0 Å². The highest BCUT2D eigenvalue weighted by atomic mass is 16.5. The monoisotopic (exact) mass is 461 g/mol. The number of fused-ring (bicyclic) bond motifs is 7. The fourth-order valence-electron chi connectivity index (χ4n) is 4.37. The lowest BCUT2D eigenvalue weighted by Gasteiger charge is -2.28. The van der Waals surface area contributed by atoms with Gasteiger partial charge in [0, 0.05) is 29.4 Å². The van der Waals surface area contributed by atoms with E-state index in [0.717, 1.165) is 0 Å². The van der Waals surface area contributed by atoms with Crippen molar-refractivity contribution in [3.05, 3.63) is 53.1 Å². The number of aldehydes is 1. The summed E-state index contributed by atoms with van der Waals surface area (Å²) in [6.07, 6.45) is 5.08. The van der Waals surface area contributed by atoms with E-state index >= 15 is 0 Å². The number of aliphatic hydroxyl groups excluding tert-OH is 1. The van der Waals surface area contributed by atoms with Gasteiger partial charge in [0.05, 0.1) is 23.4 Å². The molecular weight excluding hydrogens is 438 g/mol. The molecule has 174 valence electrons. The summed E-state index contributed by atoms with van der Waals surface area (Å²) in [6, 6.07) is 5.16. The van der Waals surface area contributed by atoms with Gasteiger partial charge in [0.25, 0.3) is 11.8 Å². The van der Waals surface area contributed by atoms with Gasteiger partial charge in [0.1, 0.15) is 24.3 Å². The minimum atomic E-state index is -0.748. The van der Waals surface area contributed by atoms with Gasteiger partial charge in [-0.2, -0.15) is 0 Å². The summed E-state index contributed by atoms with van der Waals surface area (Å²) < 4.78 is 11.8. The summed E-state index contributed by atoms with van der Waals surface area (Å²) in [4.78, 5) is 46.5. The summed E-state index contributed by atoms with van der Waals surface area (Å²) in [5.74, 6) is -0.207. The van der Waals surface area contributed by atoms with Crippen molar-refractivity contribution in [2.75, 3.05) is 40.4 Å². The molecule has 0 saturated carbocycles. The van der Waals surface area contributed by atoms with Crippen LogP contribution >= 0.6 is 0 Å². The van der Waals surface area contributed by atoms with Crippen LogP contribution in [-0.4, -0.2) is 85.2 Å². The predicted molar refractivity (Wildman–Crippen MR) is 125 cm³/mol. The zero-order chi connectivity index (χ0) is 24.0. The van der Waals surface area contributed by atoms with Crippen molar-refractivity contribution in [1.82, 2.24) is 9.80 Å². The molecule has 1 atom stereocenters. The largest absolute Gasteiger partial charge is 0.491 e. The van der Waals surface area contributed by atoms with Gasteiger partial charge in [-0.1, -0.05) is 12.2 Å². The zero-order valence-electron chi connectivity index (χ0n) is 18.8. The molecule has 1 unspecified atom stereocenters. The summed E-state index contributed by atoms with van der Waals surface area (Å²) in [7, 11) is 3.73. The smallest absolute Gasteiger partial charge is 0.265 e. The van der Waals surface area contributed by atoms with Crippen molar-refractivity contribution in [2.45, 2.75) is 6.10 Å². The minimum absolute atomic E-state index is 0.0964. The molecule has 0 bridgehead atoms. The molecule has 0 aromatic heterocycles. The molecule has 2 aliphatic heterocycles. The summed E-state index contributed by atoms with van der Waals surface area (Å²) in [5, 5.41) is 10.3. The molecule has 0 spiro atoms. The molecule has 2 heterocycles. The van der Waals surface area contributed by atoms with Gasteiger partial charge in [0.2, 0.25) is 0 Å². The maximum atomic E-state index is 13.5. The maximum absolute atomic E-state index is 13.5. The number of imide groups is 1. The number of hydrogen-bond acceptors (Lipinski definition) is 8. The van der Waals surface area contributed by atoms with Crippen molar-refractivity contribution in [3.8, 4) is 11.5 Å². The van der Waals surface area contributed by atoms with Crippen molar-refractivity contribution < 1.29 is 29.0 Å². The van der Waals surface area contributed by atoms with Gasteiger partial charge in [-0.15, -0.1) is 0 Å². The van der Waals surface area contributed by atoms with E-state index in [1.807, 2.05) is 19.0 Å². The quantitative estimate of drug-likeness (QED) is 0.496. The van der Waals surface area contributed by atoms with Crippen LogP contribution in [0.15, 0.2) is 47.0 Å². The molecule has 5 rings (SSSR count). The van der Waals surface area contributed by atoms with Gasteiger partial charge in [-0.05, 0) is 38.4 Å². The molecule has 2 amide bonds. The van der Waals surface area contributed by atoms with E-state index in [1.54, 1.807) is 36.4 Å². The number of hydrogen-bond donors (Lipinski definition) is 1. The van der Waals surface area contributed by atoms with E-state index in [-0.39, 0.29) is 36.6 Å². The van der Waals surface area contributed by atoms with Gasteiger partial charge < -0.3 is 19.5 Å². The van der Waals surface area contributed by atoms with Crippen LogP contribution in [0.1, 0.15) is 20.7 Å². The number of ether oxygens (including phenoxy) is 2. The fraction of sp³-hybridized carbons (Fsp3) is 0.280. The lowest BCUT2D eigenvalue weighted by Crippen LogP contribution is -2.36. The SMILES string of the molecule is CN(C)CCN1C(=O)c2c3c(c4ccc(OCCO)cc4c2C1=O)N=C1C=CC=C(C=O)C1O3. The third kappa shape index (κ3) is 3.41. The molecule has 1 aliphatic carbocycles. The Morgan fingerprint density at radius 2 is 2.00 bits per heavy atom. The van der Waals surface area contributed by atoms with E-state index in [9.17, 15) is 14.4 Å². The molecule has 34 heavy (non-hydrogen) atoms. The predicted octanol–water partition coefficient (Wildman–Crippen LogP) is 1.90. The van der Waals surface area contributed by atoms with Crippen LogP contribution in [0.5, 0.6) is 11.5 Å². The number of likely N-dealkylation sites (N-methyl/N-ethyl adjacent to an activating group) is 1. The van der Waals surface area contributed by atoms with E-state index < -0.39 is 17.9 Å². The molecule has 9 heteroatoms. The first-order valence-electron chi connectivity index (χ1n) is 10.9. The number of rotatable bonds is 7. The first-order chi connectivity index (χ1) is 16.4. The Morgan fingerprint density at radius 3 is 2.74 bits per heavy atom. The van der Waals surface area contributed by atoms with Crippen LogP contribution in [0.25, 0.3) is 10.8 Å². The molecule has 3 aliphatic rings. The second-order valence-corrected chi connectivity index (χ2v) is 8.45. The van der Waals surface area contributed by atoms with Crippen LogP contribution in [0, 0.1) is 0 Å². The van der Waals surface area contributed by atoms with Crippen LogP contribution in [0.4, 0.5) is 5.69 Å². The lowest BCUT2D eigenvalue weighted by molar-refractivity contribution is -0.105. The number of amides is 2. The van der Waals surface area contributed by atoms with Crippen molar-refractivity contribution in [1.29, 1.82) is 0 Å². The first-order valence-corrected chi connectivity index (χ1v) is 10.9. The standard InChI is InChI=1S/C25H23N3O6/c1-27(2)8-9-28-24(31)19-17-12-15(33-11-10-29)6-7-16(17)21-23(20(19)25(28)32)34-22-14(13-30)4-3-5-18(22)26-21/h3-7,12-13,22,29H,8-11H2,1-2H3. The highest BCUT2D eigenvalue weighted by Crippen LogP contribution is 2.49. The number of benzene rings is 2. The molecule has 9 nitrogen and oxygen atoms in total. The molecule has 0 saturated heterocycles. The maximum Gasteiger partial charge on any atom is 0.265 e. The van der Waals surface area contributed by atoms with Gasteiger partial charge in [-0.25, -0.2) is 4.99 Å². The Labute approximate surface area is 195 Å². The fourth-order valence-corrected chi connectivity index (χ4v) is 4.37. The first kappa shape index (κ1) is 22.0.